The van der Waals surface area contributed by atoms with E-state index in [4.69, 9.17) is 23.9 Å². The highest BCUT2D eigenvalue weighted by atomic mass is 16.5. The largest absolute Gasteiger partial charge is 0.458 e. The SMILES string of the molecule is Cc1cccc(C)c1B1c2ccccc2B(c2c(C)cccc2C)c2c3cc(cc21)-c1cccc(n1)Oc1cccc(n1)-c1cc(cc2c1oc1ccccc12)O3. The average molecular weight is 734 g/mol. The number of hydrogen-bond acceptors (Lipinski definition) is 5. The number of hydrogen-bond donors (Lipinski definition) is 0. The fourth-order valence-electron chi connectivity index (χ4n) is 9.50. The van der Waals surface area contributed by atoms with E-state index in [-0.39, 0.29) is 13.4 Å². The van der Waals surface area contributed by atoms with E-state index in [1.54, 1.807) is 0 Å². The van der Waals surface area contributed by atoms with Gasteiger partial charge in [-0.15, -0.1) is 0 Å². The molecule has 57 heavy (non-hydrogen) atoms. The molecular weight excluding hydrogens is 698 g/mol. The number of ether oxygens (including phenoxy) is 2. The van der Waals surface area contributed by atoms with Gasteiger partial charge in [0.2, 0.25) is 25.2 Å². The number of benzene rings is 6. The van der Waals surface area contributed by atoms with Crippen molar-refractivity contribution in [1.82, 2.24) is 9.97 Å². The van der Waals surface area contributed by atoms with Gasteiger partial charge in [0.05, 0.1) is 11.4 Å². The van der Waals surface area contributed by atoms with Crippen LogP contribution in [0.1, 0.15) is 22.3 Å². The normalized spacial score (nSPS) is 12.8. The van der Waals surface area contributed by atoms with Crippen LogP contribution in [0.3, 0.4) is 0 Å². The highest BCUT2D eigenvalue weighted by molar-refractivity contribution is 7.12. The van der Waals surface area contributed by atoms with E-state index < -0.39 is 0 Å². The number of aryl methyl sites for hydroxylation is 4. The summed E-state index contributed by atoms with van der Waals surface area (Å²) in [5, 5.41) is 1.97. The van der Waals surface area contributed by atoms with Crippen LogP contribution in [-0.4, -0.2) is 23.4 Å². The van der Waals surface area contributed by atoms with Gasteiger partial charge in [-0.3, -0.25) is 0 Å². The van der Waals surface area contributed by atoms with Gasteiger partial charge >= 0.3 is 0 Å². The lowest BCUT2D eigenvalue weighted by molar-refractivity contribution is 0.446. The topological polar surface area (TPSA) is 57.4 Å². The molecule has 270 valence electrons. The second kappa shape index (κ2) is 12.9. The van der Waals surface area contributed by atoms with E-state index in [0.29, 0.717) is 23.2 Å². The smallest absolute Gasteiger partial charge is 0.245 e. The Balaban J connectivity index is 1.28. The molecule has 3 aromatic heterocycles. The minimum atomic E-state index is -0.0974. The maximum Gasteiger partial charge on any atom is 0.245 e. The number of aromatic nitrogens is 2. The molecule has 2 aliphatic heterocycles. The second-order valence-electron chi connectivity index (χ2n) is 15.5. The molecule has 0 unspecified atom stereocenters. The number of fused-ring (bicyclic) bond motifs is 17. The van der Waals surface area contributed by atoms with Gasteiger partial charge in [-0.2, -0.15) is 0 Å². The minimum Gasteiger partial charge on any atom is -0.458 e. The van der Waals surface area contributed by atoms with Crippen molar-refractivity contribution in [3.05, 3.63) is 168 Å². The van der Waals surface area contributed by atoms with Crippen molar-refractivity contribution in [3.63, 3.8) is 0 Å². The molecule has 2 aliphatic rings. The molecule has 0 fully saturated rings. The molecule has 7 heteroatoms. The summed E-state index contributed by atoms with van der Waals surface area (Å²) in [5.41, 5.74) is 17.4. The maximum atomic E-state index is 7.44. The average Bonchev–Trinajstić information content (AvgIpc) is 3.59. The molecule has 0 saturated heterocycles. The Morgan fingerprint density at radius 1 is 0.456 bits per heavy atom. The highest BCUT2D eigenvalue weighted by Gasteiger charge is 2.43. The number of pyridine rings is 2. The van der Waals surface area contributed by atoms with Crippen LogP contribution in [0.2, 0.25) is 0 Å². The molecule has 5 nitrogen and oxygen atoms in total. The zero-order chi connectivity index (χ0) is 38.4. The van der Waals surface area contributed by atoms with E-state index in [1.165, 1.54) is 49.6 Å². The third kappa shape index (κ3) is 5.33. The Kier molecular flexibility index (Phi) is 7.55. The van der Waals surface area contributed by atoms with Crippen LogP contribution in [-0.2, 0) is 0 Å². The van der Waals surface area contributed by atoms with Gasteiger partial charge in [0.15, 0.2) is 0 Å². The molecule has 9 aromatic rings. The van der Waals surface area contributed by atoms with Crippen molar-refractivity contribution >= 4 is 68.1 Å². The van der Waals surface area contributed by atoms with Gasteiger partial charge in [-0.1, -0.05) is 147 Å². The van der Waals surface area contributed by atoms with Crippen molar-refractivity contribution in [2.75, 3.05) is 0 Å². The van der Waals surface area contributed by atoms with Gasteiger partial charge in [-0.05, 0) is 69.6 Å². The Bertz CT molecular complexity index is 3070. The van der Waals surface area contributed by atoms with Gasteiger partial charge in [-0.25, -0.2) is 9.97 Å². The quantitative estimate of drug-likeness (QED) is 0.168. The Morgan fingerprint density at radius 3 is 1.77 bits per heavy atom. The van der Waals surface area contributed by atoms with Crippen molar-refractivity contribution in [3.8, 4) is 45.8 Å². The van der Waals surface area contributed by atoms with Gasteiger partial charge in [0, 0.05) is 34.0 Å². The summed E-state index contributed by atoms with van der Waals surface area (Å²) in [6.45, 7) is 8.78. The number of rotatable bonds is 2. The summed E-state index contributed by atoms with van der Waals surface area (Å²) < 4.78 is 20.4. The van der Waals surface area contributed by atoms with Crippen LogP contribution in [0.5, 0.6) is 23.3 Å². The fourth-order valence-corrected chi connectivity index (χ4v) is 9.50. The molecule has 0 aliphatic carbocycles. The summed E-state index contributed by atoms with van der Waals surface area (Å²) in [6.07, 6.45) is 0. The van der Waals surface area contributed by atoms with Crippen LogP contribution >= 0.6 is 0 Å². The molecule has 0 atom stereocenters. The Hall–Kier alpha value is -6.85. The summed E-state index contributed by atoms with van der Waals surface area (Å²) in [4.78, 5) is 10.1. The summed E-state index contributed by atoms with van der Waals surface area (Å²) in [7, 11) is 0. The van der Waals surface area contributed by atoms with Crippen molar-refractivity contribution in [1.29, 1.82) is 0 Å². The van der Waals surface area contributed by atoms with Gasteiger partial charge in [0.1, 0.15) is 22.7 Å². The van der Waals surface area contributed by atoms with E-state index in [9.17, 15) is 0 Å². The molecule has 0 N–H and O–H groups in total. The number of para-hydroxylation sites is 1. The van der Waals surface area contributed by atoms with Crippen molar-refractivity contribution < 1.29 is 13.9 Å². The number of nitrogens with zero attached hydrogens (tertiary/aromatic N) is 2. The van der Waals surface area contributed by atoms with Crippen LogP contribution in [0.4, 0.5) is 0 Å². The fraction of sp³-hybridized carbons (Fsp3) is 0.0800. The van der Waals surface area contributed by atoms with Gasteiger partial charge < -0.3 is 13.9 Å². The molecule has 0 saturated carbocycles. The third-order valence-electron chi connectivity index (χ3n) is 12.0. The third-order valence-corrected chi connectivity index (χ3v) is 12.0. The molecule has 11 rings (SSSR count). The van der Waals surface area contributed by atoms with Crippen LogP contribution in [0, 0.1) is 27.7 Å². The van der Waals surface area contributed by atoms with E-state index in [2.05, 4.69) is 119 Å². The zero-order valence-corrected chi connectivity index (χ0v) is 32.1. The first kappa shape index (κ1) is 33.5. The molecule has 6 aromatic carbocycles. The summed E-state index contributed by atoms with van der Waals surface area (Å²) in [5.74, 6) is 2.38. The molecule has 0 amide bonds. The maximum absolute atomic E-state index is 7.44. The van der Waals surface area contributed by atoms with Crippen LogP contribution in [0.25, 0.3) is 44.5 Å². The first-order chi connectivity index (χ1) is 27.9. The van der Waals surface area contributed by atoms with Crippen LogP contribution < -0.4 is 42.3 Å². The molecule has 0 spiro atoms. The lowest BCUT2D eigenvalue weighted by Gasteiger charge is -2.36. The second-order valence-corrected chi connectivity index (χ2v) is 15.5. The Labute approximate surface area is 332 Å². The number of furan rings is 1. The highest BCUT2D eigenvalue weighted by Crippen LogP contribution is 2.41. The van der Waals surface area contributed by atoms with Crippen molar-refractivity contribution in [2.24, 2.45) is 0 Å². The van der Waals surface area contributed by atoms with Gasteiger partial charge in [0.25, 0.3) is 0 Å². The zero-order valence-electron chi connectivity index (χ0n) is 32.1. The van der Waals surface area contributed by atoms with Crippen molar-refractivity contribution in [2.45, 2.75) is 27.7 Å². The van der Waals surface area contributed by atoms with E-state index in [1.807, 2.05) is 54.6 Å². The predicted molar refractivity (Wildman–Crippen MR) is 234 cm³/mol. The lowest BCUT2D eigenvalue weighted by Crippen LogP contribution is -2.76. The van der Waals surface area contributed by atoms with E-state index in [0.717, 1.165) is 50.0 Å². The first-order valence-electron chi connectivity index (χ1n) is 19.5. The predicted octanol–water partition coefficient (Wildman–Crippen LogP) is 8.19. The van der Waals surface area contributed by atoms with Crippen LogP contribution in [0.15, 0.2) is 150 Å². The molecular formula is C50H36B2N2O3. The standard InChI is InChI=1S/C50H36B2N2O3/c1-29-13-9-14-30(2)47(29)51-38-18-6-7-19-39(38)52(48-31(3)15-10-16-32(48)4)49-40(51)25-33-26-44(49)55-34-27-36-35-17-5-8-22-43(35)56-50(36)37(28-34)42-21-12-24-46(54-42)57-45-23-11-20-41(33)53-45/h5-28H,1-4H3. The minimum absolute atomic E-state index is 0.0570. The Morgan fingerprint density at radius 2 is 1.05 bits per heavy atom. The van der Waals surface area contributed by atoms with E-state index >= 15 is 0 Å². The molecule has 5 heterocycles. The lowest BCUT2D eigenvalue weighted by atomic mass is 9.20. The first-order valence-corrected chi connectivity index (χ1v) is 19.5. The summed E-state index contributed by atoms with van der Waals surface area (Å²) >= 11 is 0. The molecule has 8 bridgehead atoms. The summed E-state index contributed by atoms with van der Waals surface area (Å²) in [6, 6.07) is 50.8. The monoisotopic (exact) mass is 734 g/mol. The molecule has 0 radical (unpaired) electrons.